The van der Waals surface area contributed by atoms with E-state index in [0.29, 0.717) is 51.8 Å². The molecule has 0 radical (unpaired) electrons. The topological polar surface area (TPSA) is 79.4 Å². The molecule has 2 aromatic heterocycles. The molecule has 0 aliphatic rings. The van der Waals surface area contributed by atoms with E-state index in [0.717, 1.165) is 11.1 Å². The molecule has 0 N–H and O–H groups in total. The van der Waals surface area contributed by atoms with E-state index in [-0.39, 0.29) is 11.3 Å². The number of ether oxygens (including phenoxy) is 2. The molecule has 5 aromatic rings. The maximum absolute atomic E-state index is 13.6. The molecule has 0 atom stereocenters. The summed E-state index contributed by atoms with van der Waals surface area (Å²) in [6.45, 7) is 2.53. The van der Waals surface area contributed by atoms with Gasteiger partial charge in [-0.15, -0.1) is 0 Å². The summed E-state index contributed by atoms with van der Waals surface area (Å²) in [4.78, 5) is 18.1. The highest BCUT2D eigenvalue weighted by Gasteiger charge is 2.19. The molecular weight excluding hydrogens is 478 g/mol. The minimum absolute atomic E-state index is 0.221. The van der Waals surface area contributed by atoms with Crippen LogP contribution in [0.5, 0.6) is 11.5 Å². The van der Waals surface area contributed by atoms with Crippen molar-refractivity contribution in [3.05, 3.63) is 105 Å². The van der Waals surface area contributed by atoms with Crippen molar-refractivity contribution >= 4 is 22.5 Å². The average molecular weight is 502 g/mol. The molecule has 0 amide bonds. The Morgan fingerprint density at radius 3 is 2.31 bits per heavy atom. The number of benzene rings is 3. The van der Waals surface area contributed by atoms with Crippen LogP contribution in [0, 0.1) is 6.92 Å². The van der Waals surface area contributed by atoms with E-state index in [1.807, 2.05) is 60.0 Å². The lowest BCUT2D eigenvalue weighted by Gasteiger charge is -2.15. The highest BCUT2D eigenvalue weighted by Crippen LogP contribution is 2.32. The first-order chi connectivity index (χ1) is 17.4. The molecule has 0 saturated carbocycles. The van der Waals surface area contributed by atoms with E-state index in [1.54, 1.807) is 25.4 Å². The Kier molecular flexibility index (Phi) is 6.48. The Balaban J connectivity index is 1.62. The smallest absolute Gasteiger partial charge is 0.231 e. The molecule has 8 heteroatoms. The molecule has 0 unspecified atom stereocenters. The zero-order valence-electron chi connectivity index (χ0n) is 20.1. The van der Waals surface area contributed by atoms with Crippen LogP contribution in [0.1, 0.15) is 22.6 Å². The van der Waals surface area contributed by atoms with Crippen LogP contribution < -0.4 is 14.9 Å². The summed E-state index contributed by atoms with van der Waals surface area (Å²) in [6, 6.07) is 19.2. The van der Waals surface area contributed by atoms with Crippen LogP contribution in [-0.4, -0.2) is 28.9 Å². The van der Waals surface area contributed by atoms with Gasteiger partial charge in [0.25, 0.3) is 0 Å². The van der Waals surface area contributed by atoms with E-state index in [2.05, 4.69) is 10.1 Å². The first-order valence-corrected chi connectivity index (χ1v) is 11.7. The summed E-state index contributed by atoms with van der Waals surface area (Å²) in [5.41, 5.74) is 4.04. The molecule has 0 aliphatic carbocycles. The predicted molar refractivity (Wildman–Crippen MR) is 139 cm³/mol. The van der Waals surface area contributed by atoms with Crippen molar-refractivity contribution in [2.45, 2.75) is 19.9 Å². The van der Waals surface area contributed by atoms with Crippen LogP contribution in [-0.2, 0) is 13.0 Å². The normalized spacial score (nSPS) is 11.1. The monoisotopic (exact) mass is 501 g/mol. The Morgan fingerprint density at radius 2 is 1.61 bits per heavy atom. The number of aromatic nitrogens is 3. The minimum atomic E-state index is -0.221. The zero-order chi connectivity index (χ0) is 25.2. The number of methoxy groups -OCH3 is 2. The summed E-state index contributed by atoms with van der Waals surface area (Å²) < 4.78 is 18.4. The molecule has 0 fully saturated rings. The van der Waals surface area contributed by atoms with E-state index >= 15 is 0 Å². The van der Waals surface area contributed by atoms with Gasteiger partial charge in [0.2, 0.25) is 17.1 Å². The maximum Gasteiger partial charge on any atom is 0.231 e. The molecule has 2 heterocycles. The van der Waals surface area contributed by atoms with E-state index < -0.39 is 0 Å². The number of rotatable bonds is 7. The Hall–Kier alpha value is -4.10. The summed E-state index contributed by atoms with van der Waals surface area (Å²) in [6.07, 6.45) is 2.23. The van der Waals surface area contributed by atoms with Gasteiger partial charge in [-0.25, -0.2) is 0 Å². The highest BCUT2D eigenvalue weighted by molar-refractivity contribution is 6.30. The number of aryl methyl sites for hydroxylation is 1. The van der Waals surface area contributed by atoms with Crippen LogP contribution in [0.3, 0.4) is 0 Å². The second-order valence-electron chi connectivity index (χ2n) is 8.52. The summed E-state index contributed by atoms with van der Waals surface area (Å²) in [7, 11) is 3.10. The fraction of sp³-hybridized carbons (Fsp3) is 0.179. The lowest BCUT2D eigenvalue weighted by atomic mass is 10.1. The van der Waals surface area contributed by atoms with Crippen molar-refractivity contribution in [2.75, 3.05) is 14.2 Å². The van der Waals surface area contributed by atoms with E-state index in [1.165, 1.54) is 12.7 Å². The quantitative estimate of drug-likeness (QED) is 0.286. The fourth-order valence-corrected chi connectivity index (χ4v) is 4.24. The van der Waals surface area contributed by atoms with Crippen LogP contribution in [0.15, 0.2) is 76.2 Å². The van der Waals surface area contributed by atoms with Gasteiger partial charge in [-0.1, -0.05) is 58.7 Å². The Labute approximate surface area is 212 Å². The SMILES string of the molecule is COc1cc2c(=O)c(-c3noc(Cc4ccc(C)cc4)n3)cn(Cc3ccc(Cl)cc3)c2cc1OC. The van der Waals surface area contributed by atoms with Gasteiger partial charge in [-0.3, -0.25) is 4.79 Å². The van der Waals surface area contributed by atoms with Gasteiger partial charge in [-0.05, 0) is 36.2 Å². The number of hydrogen-bond acceptors (Lipinski definition) is 6. The molecule has 182 valence electrons. The Morgan fingerprint density at radius 1 is 0.944 bits per heavy atom. The van der Waals surface area contributed by atoms with Crippen molar-refractivity contribution in [1.82, 2.24) is 14.7 Å². The van der Waals surface area contributed by atoms with Crippen LogP contribution in [0.25, 0.3) is 22.3 Å². The van der Waals surface area contributed by atoms with Gasteiger partial charge in [0, 0.05) is 23.8 Å². The Bertz CT molecular complexity index is 1590. The number of pyridine rings is 1. The molecular formula is C28H24ClN3O4. The molecule has 0 saturated heterocycles. The average Bonchev–Trinajstić information content (AvgIpc) is 3.35. The third kappa shape index (κ3) is 4.70. The van der Waals surface area contributed by atoms with Crippen molar-refractivity contribution in [2.24, 2.45) is 0 Å². The second kappa shape index (κ2) is 9.87. The van der Waals surface area contributed by atoms with Crippen molar-refractivity contribution < 1.29 is 14.0 Å². The minimum Gasteiger partial charge on any atom is -0.493 e. The van der Waals surface area contributed by atoms with E-state index in [9.17, 15) is 4.79 Å². The summed E-state index contributed by atoms with van der Waals surface area (Å²) in [5, 5.41) is 5.25. The van der Waals surface area contributed by atoms with Gasteiger partial charge >= 0.3 is 0 Å². The standard InChI is InChI=1S/C28H24ClN3O4/c1-17-4-6-18(7-5-17)12-26-30-28(31-36-26)22-16-32(15-19-8-10-20(29)11-9-19)23-14-25(35-3)24(34-2)13-21(23)27(22)33/h4-11,13-14,16H,12,15H2,1-3H3. The molecule has 3 aromatic carbocycles. The number of halogens is 1. The summed E-state index contributed by atoms with van der Waals surface area (Å²) in [5.74, 6) is 1.67. The molecule has 0 bridgehead atoms. The number of nitrogens with zero attached hydrogens (tertiary/aromatic N) is 3. The van der Waals surface area contributed by atoms with Crippen molar-refractivity contribution in [3.63, 3.8) is 0 Å². The van der Waals surface area contributed by atoms with Gasteiger partial charge in [0.15, 0.2) is 11.5 Å². The third-order valence-electron chi connectivity index (χ3n) is 6.04. The highest BCUT2D eigenvalue weighted by atomic mass is 35.5. The molecule has 36 heavy (non-hydrogen) atoms. The largest absolute Gasteiger partial charge is 0.493 e. The first-order valence-electron chi connectivity index (χ1n) is 11.4. The molecule has 7 nitrogen and oxygen atoms in total. The fourth-order valence-electron chi connectivity index (χ4n) is 4.11. The number of fused-ring (bicyclic) bond motifs is 1. The van der Waals surface area contributed by atoms with Crippen LogP contribution in [0.4, 0.5) is 0 Å². The molecule has 0 spiro atoms. The first kappa shape index (κ1) is 23.6. The van der Waals surface area contributed by atoms with Gasteiger partial charge in [-0.2, -0.15) is 4.98 Å². The van der Waals surface area contributed by atoms with Crippen LogP contribution >= 0.6 is 11.6 Å². The molecule has 5 rings (SSSR count). The zero-order valence-corrected chi connectivity index (χ0v) is 20.9. The number of hydrogen-bond donors (Lipinski definition) is 0. The second-order valence-corrected chi connectivity index (χ2v) is 8.96. The predicted octanol–water partition coefficient (Wildman–Crippen LogP) is 5.67. The van der Waals surface area contributed by atoms with Crippen molar-refractivity contribution in [3.8, 4) is 22.9 Å². The van der Waals surface area contributed by atoms with E-state index in [4.69, 9.17) is 25.6 Å². The summed E-state index contributed by atoms with van der Waals surface area (Å²) >= 11 is 6.07. The van der Waals surface area contributed by atoms with Gasteiger partial charge in [0.05, 0.1) is 37.1 Å². The van der Waals surface area contributed by atoms with Gasteiger partial charge < -0.3 is 18.6 Å². The van der Waals surface area contributed by atoms with Gasteiger partial charge in [0.1, 0.15) is 0 Å². The third-order valence-corrected chi connectivity index (χ3v) is 6.29. The maximum atomic E-state index is 13.6. The lowest BCUT2D eigenvalue weighted by molar-refractivity contribution is 0.355. The van der Waals surface area contributed by atoms with Crippen molar-refractivity contribution in [1.29, 1.82) is 0 Å². The lowest BCUT2D eigenvalue weighted by Crippen LogP contribution is -2.14. The van der Waals surface area contributed by atoms with Crippen LogP contribution in [0.2, 0.25) is 5.02 Å². The molecule has 0 aliphatic heterocycles.